The normalized spacial score (nSPS) is 22.3. The lowest BCUT2D eigenvalue weighted by molar-refractivity contribution is -0.148. The Morgan fingerprint density at radius 1 is 1.48 bits per heavy atom. The van der Waals surface area contributed by atoms with Gasteiger partial charge in [0.1, 0.15) is 12.4 Å². The van der Waals surface area contributed by atoms with Gasteiger partial charge < -0.3 is 14.6 Å². The molecule has 2 aliphatic rings. The Morgan fingerprint density at radius 3 is 3.00 bits per heavy atom. The highest BCUT2D eigenvalue weighted by Crippen LogP contribution is 2.37. The average molecular weight is 328 g/mol. The molecule has 2 heterocycles. The van der Waals surface area contributed by atoms with Crippen molar-refractivity contribution >= 4 is 35.4 Å². The molecule has 9 heteroatoms. The van der Waals surface area contributed by atoms with Gasteiger partial charge in [-0.1, -0.05) is 11.8 Å². The zero-order chi connectivity index (χ0) is 14.8. The van der Waals surface area contributed by atoms with Gasteiger partial charge in [0, 0.05) is 24.1 Å². The van der Waals surface area contributed by atoms with Crippen LogP contribution in [0.2, 0.25) is 0 Å². The van der Waals surface area contributed by atoms with Crippen molar-refractivity contribution in [1.82, 2.24) is 19.7 Å². The molecule has 0 spiro atoms. The van der Waals surface area contributed by atoms with Gasteiger partial charge in [-0.15, -0.1) is 10.2 Å². The molecule has 1 amide bonds. The highest BCUT2D eigenvalue weighted by molar-refractivity contribution is 8.00. The summed E-state index contributed by atoms with van der Waals surface area (Å²) in [5.41, 5.74) is 0. The third kappa shape index (κ3) is 3.34. The number of hydrogen-bond acceptors (Lipinski definition) is 6. The Labute approximate surface area is 130 Å². The van der Waals surface area contributed by atoms with Crippen LogP contribution in [0.1, 0.15) is 18.9 Å². The molecule has 1 saturated heterocycles. The highest BCUT2D eigenvalue weighted by Gasteiger charge is 2.32. The number of carboxylic acids is 1. The van der Waals surface area contributed by atoms with E-state index in [0.29, 0.717) is 18.3 Å². The average Bonchev–Trinajstić information content (AvgIpc) is 3.23. The smallest absolute Gasteiger partial charge is 0.327 e. The van der Waals surface area contributed by atoms with Crippen molar-refractivity contribution in [3.63, 3.8) is 0 Å². The second-order valence-corrected chi connectivity index (χ2v) is 7.15. The number of thioether (sulfide) groups is 2. The van der Waals surface area contributed by atoms with E-state index in [-0.39, 0.29) is 11.7 Å². The molecular formula is C12H16N4O3S2. The Hall–Kier alpha value is -1.22. The first-order chi connectivity index (χ1) is 10.2. The molecule has 1 atom stereocenters. The zero-order valence-corrected chi connectivity index (χ0v) is 13.0. The molecule has 1 N–H and O–H groups in total. The molecule has 0 radical (unpaired) electrons. The van der Waals surface area contributed by atoms with Crippen LogP contribution in [-0.2, 0) is 9.59 Å². The number of amides is 1. The van der Waals surface area contributed by atoms with Crippen molar-refractivity contribution in [3.8, 4) is 0 Å². The van der Waals surface area contributed by atoms with Gasteiger partial charge in [-0.05, 0) is 12.8 Å². The maximum absolute atomic E-state index is 12.3. The van der Waals surface area contributed by atoms with Gasteiger partial charge in [-0.2, -0.15) is 11.8 Å². The van der Waals surface area contributed by atoms with E-state index in [2.05, 4.69) is 10.2 Å². The molecule has 1 aromatic rings. The van der Waals surface area contributed by atoms with E-state index >= 15 is 0 Å². The van der Waals surface area contributed by atoms with Crippen LogP contribution in [0.5, 0.6) is 0 Å². The maximum Gasteiger partial charge on any atom is 0.327 e. The first-order valence-corrected chi connectivity index (χ1v) is 8.93. The van der Waals surface area contributed by atoms with Gasteiger partial charge in [-0.3, -0.25) is 4.79 Å². The molecule has 0 bridgehead atoms. The van der Waals surface area contributed by atoms with Crippen LogP contribution in [0.4, 0.5) is 0 Å². The lowest BCUT2D eigenvalue weighted by atomic mass is 10.2. The number of aliphatic carboxylic acids is 1. The fourth-order valence-corrected chi connectivity index (χ4v) is 4.16. The molecule has 7 nitrogen and oxygen atoms in total. The molecule has 1 aliphatic carbocycles. The fourth-order valence-electron chi connectivity index (χ4n) is 2.25. The molecule has 21 heavy (non-hydrogen) atoms. The minimum Gasteiger partial charge on any atom is -0.480 e. The summed E-state index contributed by atoms with van der Waals surface area (Å²) in [6.07, 6.45) is 3.95. The minimum absolute atomic E-state index is 0.141. The number of carbonyl (C=O) groups excluding carboxylic acids is 1. The Balaban J connectivity index is 1.60. The molecular weight excluding hydrogens is 312 g/mol. The highest BCUT2D eigenvalue weighted by atomic mass is 32.2. The van der Waals surface area contributed by atoms with Crippen LogP contribution in [0, 0.1) is 0 Å². The zero-order valence-electron chi connectivity index (χ0n) is 11.3. The number of hydrogen-bond donors (Lipinski definition) is 1. The van der Waals surface area contributed by atoms with Gasteiger partial charge in [0.25, 0.3) is 0 Å². The van der Waals surface area contributed by atoms with Gasteiger partial charge in [0.05, 0.1) is 5.75 Å². The van der Waals surface area contributed by atoms with E-state index in [9.17, 15) is 14.7 Å². The van der Waals surface area contributed by atoms with E-state index in [0.717, 1.165) is 23.8 Å². The van der Waals surface area contributed by atoms with Crippen LogP contribution in [0.25, 0.3) is 0 Å². The summed E-state index contributed by atoms with van der Waals surface area (Å²) in [5, 5.41) is 17.9. The fraction of sp³-hybridized carbons (Fsp3) is 0.667. The molecule has 0 aromatic carbocycles. The predicted octanol–water partition coefficient (Wildman–Crippen LogP) is 0.734. The molecule has 1 aromatic heterocycles. The third-order valence-electron chi connectivity index (χ3n) is 3.54. The second kappa shape index (κ2) is 6.27. The Kier molecular flexibility index (Phi) is 4.39. The number of nitrogens with zero attached hydrogens (tertiary/aromatic N) is 4. The number of carboxylic acid groups (broad SMARTS) is 1. The van der Waals surface area contributed by atoms with Crippen LogP contribution >= 0.6 is 23.5 Å². The number of aromatic nitrogens is 3. The first kappa shape index (κ1) is 14.7. The SMILES string of the molecule is O=C(O)C1CSCCN1C(=O)CSc1nncn1C1CC1. The Bertz CT molecular complexity index is 546. The van der Waals surface area contributed by atoms with Crippen molar-refractivity contribution in [2.75, 3.05) is 23.8 Å². The molecule has 1 saturated carbocycles. The summed E-state index contributed by atoms with van der Waals surface area (Å²) in [6, 6.07) is -0.242. The minimum atomic E-state index is -0.929. The van der Waals surface area contributed by atoms with Crippen molar-refractivity contribution in [1.29, 1.82) is 0 Å². The van der Waals surface area contributed by atoms with Gasteiger partial charge in [0.2, 0.25) is 5.91 Å². The van der Waals surface area contributed by atoms with Gasteiger partial charge in [0.15, 0.2) is 5.16 Å². The van der Waals surface area contributed by atoms with Crippen molar-refractivity contribution in [2.45, 2.75) is 30.1 Å². The third-order valence-corrected chi connectivity index (χ3v) is 5.50. The van der Waals surface area contributed by atoms with Crippen LogP contribution in [0.15, 0.2) is 11.5 Å². The summed E-state index contributed by atoms with van der Waals surface area (Å²) < 4.78 is 2.00. The Morgan fingerprint density at radius 2 is 2.29 bits per heavy atom. The van der Waals surface area contributed by atoms with E-state index in [1.165, 1.54) is 16.7 Å². The van der Waals surface area contributed by atoms with Crippen molar-refractivity contribution in [2.24, 2.45) is 0 Å². The van der Waals surface area contributed by atoms with Gasteiger partial charge >= 0.3 is 5.97 Å². The van der Waals surface area contributed by atoms with Crippen molar-refractivity contribution in [3.05, 3.63) is 6.33 Å². The summed E-state index contributed by atoms with van der Waals surface area (Å²) in [5.74, 6) is 0.391. The van der Waals surface area contributed by atoms with Gasteiger partial charge in [-0.25, -0.2) is 4.79 Å². The summed E-state index contributed by atoms with van der Waals surface area (Å²) >= 11 is 2.91. The lowest BCUT2D eigenvalue weighted by Gasteiger charge is -2.32. The summed E-state index contributed by atoms with van der Waals surface area (Å²) in [6.45, 7) is 0.496. The van der Waals surface area contributed by atoms with E-state index < -0.39 is 12.0 Å². The van der Waals surface area contributed by atoms with Crippen LogP contribution < -0.4 is 0 Å². The molecule has 2 fully saturated rings. The second-order valence-electron chi connectivity index (χ2n) is 5.06. The molecule has 3 rings (SSSR count). The molecule has 114 valence electrons. The predicted molar refractivity (Wildman–Crippen MR) is 79.5 cm³/mol. The quantitative estimate of drug-likeness (QED) is 0.797. The number of rotatable bonds is 5. The van der Waals surface area contributed by atoms with E-state index in [4.69, 9.17) is 0 Å². The monoisotopic (exact) mass is 328 g/mol. The lowest BCUT2D eigenvalue weighted by Crippen LogP contribution is -2.50. The molecule has 1 aliphatic heterocycles. The van der Waals surface area contributed by atoms with Crippen LogP contribution in [-0.4, -0.2) is 66.5 Å². The standard InChI is InChI=1S/C12H16N4O3S2/c17-10(15-3-4-20-5-9(15)11(18)19)6-21-12-14-13-7-16(12)8-1-2-8/h7-9H,1-6H2,(H,18,19). The van der Waals surface area contributed by atoms with E-state index in [1.54, 1.807) is 18.1 Å². The molecule has 1 unspecified atom stereocenters. The summed E-state index contributed by atoms with van der Waals surface area (Å²) in [7, 11) is 0. The van der Waals surface area contributed by atoms with Crippen LogP contribution in [0.3, 0.4) is 0 Å². The first-order valence-electron chi connectivity index (χ1n) is 6.79. The topological polar surface area (TPSA) is 88.3 Å². The van der Waals surface area contributed by atoms with Crippen molar-refractivity contribution < 1.29 is 14.7 Å². The summed E-state index contributed by atoms with van der Waals surface area (Å²) in [4.78, 5) is 25.0. The maximum atomic E-state index is 12.3. The largest absolute Gasteiger partial charge is 0.480 e. The van der Waals surface area contributed by atoms with E-state index in [1.807, 2.05) is 4.57 Å². The number of carbonyl (C=O) groups is 2.